The van der Waals surface area contributed by atoms with Crippen LogP contribution in [0.4, 0.5) is 4.39 Å². The second kappa shape index (κ2) is 8.19. The van der Waals surface area contributed by atoms with Crippen LogP contribution >= 0.6 is 0 Å². The molecule has 2 atom stereocenters. The Bertz CT molecular complexity index is 329. The van der Waals surface area contributed by atoms with Gasteiger partial charge in [0.05, 0.1) is 12.7 Å². The van der Waals surface area contributed by atoms with Crippen molar-refractivity contribution in [2.45, 2.75) is 31.9 Å². The maximum atomic E-state index is 12.8. The average molecular weight is 255 g/mol. The molecule has 1 aromatic rings. The molecule has 4 heteroatoms. The molecule has 102 valence electrons. The summed E-state index contributed by atoms with van der Waals surface area (Å²) in [7, 11) is 1.57. The van der Waals surface area contributed by atoms with Crippen molar-refractivity contribution in [3.63, 3.8) is 0 Å². The van der Waals surface area contributed by atoms with Gasteiger partial charge in [-0.05, 0) is 37.1 Å². The van der Waals surface area contributed by atoms with Gasteiger partial charge in [0.1, 0.15) is 5.82 Å². The van der Waals surface area contributed by atoms with Gasteiger partial charge in [-0.2, -0.15) is 0 Å². The summed E-state index contributed by atoms with van der Waals surface area (Å²) in [6.07, 6.45) is 1.13. The first-order valence-corrected chi connectivity index (χ1v) is 6.33. The Morgan fingerprint density at radius 2 is 2.00 bits per heavy atom. The van der Waals surface area contributed by atoms with Crippen LogP contribution < -0.4 is 5.32 Å². The van der Waals surface area contributed by atoms with Gasteiger partial charge in [-0.25, -0.2) is 4.39 Å². The summed E-state index contributed by atoms with van der Waals surface area (Å²) in [6.45, 7) is 3.14. The van der Waals surface area contributed by atoms with Crippen molar-refractivity contribution < 1.29 is 14.2 Å². The Morgan fingerprint density at radius 3 is 2.56 bits per heavy atom. The maximum Gasteiger partial charge on any atom is 0.123 e. The van der Waals surface area contributed by atoms with E-state index in [1.807, 2.05) is 0 Å². The number of aliphatic hydroxyl groups excluding tert-OH is 1. The number of halogens is 1. The molecular weight excluding hydrogens is 233 g/mol. The molecule has 0 spiro atoms. The minimum Gasteiger partial charge on any atom is -0.391 e. The Balaban J connectivity index is 2.40. The molecule has 3 nitrogen and oxygen atoms in total. The highest BCUT2D eigenvalue weighted by Gasteiger charge is 2.09. The number of nitrogens with one attached hydrogen (secondary N) is 1. The molecule has 18 heavy (non-hydrogen) atoms. The van der Waals surface area contributed by atoms with Gasteiger partial charge >= 0.3 is 0 Å². The fourth-order valence-corrected chi connectivity index (χ4v) is 1.89. The predicted molar refractivity (Wildman–Crippen MR) is 69.9 cm³/mol. The molecule has 0 radical (unpaired) electrons. The van der Waals surface area contributed by atoms with E-state index in [0.717, 1.165) is 12.0 Å². The van der Waals surface area contributed by atoms with E-state index in [0.29, 0.717) is 19.6 Å². The second-order valence-electron chi connectivity index (χ2n) is 4.36. The number of benzene rings is 1. The van der Waals surface area contributed by atoms with Gasteiger partial charge < -0.3 is 15.2 Å². The molecule has 0 heterocycles. The van der Waals surface area contributed by atoms with Crippen molar-refractivity contribution in [1.82, 2.24) is 5.32 Å². The molecule has 0 aliphatic carbocycles. The van der Waals surface area contributed by atoms with E-state index in [2.05, 4.69) is 12.2 Å². The molecule has 0 aliphatic heterocycles. The summed E-state index contributed by atoms with van der Waals surface area (Å²) >= 11 is 0. The summed E-state index contributed by atoms with van der Waals surface area (Å²) in [5.41, 5.74) is 1.07. The van der Waals surface area contributed by atoms with E-state index in [4.69, 9.17) is 4.74 Å². The molecule has 1 aromatic carbocycles. The predicted octanol–water partition coefficient (Wildman–Crippen LogP) is 2.26. The third-order valence-corrected chi connectivity index (χ3v) is 2.91. The summed E-state index contributed by atoms with van der Waals surface area (Å²) < 4.78 is 17.7. The third-order valence-electron chi connectivity index (χ3n) is 2.91. The molecule has 0 amide bonds. The molecule has 0 saturated carbocycles. The van der Waals surface area contributed by atoms with Gasteiger partial charge in [0.2, 0.25) is 0 Å². The van der Waals surface area contributed by atoms with Gasteiger partial charge in [0, 0.05) is 13.2 Å². The number of ether oxygens (including phenoxy) is 1. The fraction of sp³-hybridized carbons (Fsp3) is 0.571. The van der Waals surface area contributed by atoms with Crippen LogP contribution in [0.3, 0.4) is 0 Å². The first kappa shape index (κ1) is 15.1. The van der Waals surface area contributed by atoms with Crippen LogP contribution in [0.25, 0.3) is 0 Å². The molecule has 0 fully saturated rings. The van der Waals surface area contributed by atoms with Crippen molar-refractivity contribution in [1.29, 1.82) is 0 Å². The number of aliphatic hydroxyl groups is 1. The van der Waals surface area contributed by atoms with Crippen LogP contribution in [-0.2, 0) is 4.74 Å². The van der Waals surface area contributed by atoms with Gasteiger partial charge in [-0.1, -0.05) is 19.1 Å². The summed E-state index contributed by atoms with van der Waals surface area (Å²) in [5.74, 6) is -0.218. The van der Waals surface area contributed by atoms with Crippen molar-refractivity contribution in [2.75, 3.05) is 20.3 Å². The molecule has 0 saturated heterocycles. The number of hydrogen-bond acceptors (Lipinski definition) is 3. The van der Waals surface area contributed by atoms with Crippen molar-refractivity contribution in [3.05, 3.63) is 35.6 Å². The largest absolute Gasteiger partial charge is 0.391 e. The van der Waals surface area contributed by atoms with E-state index >= 15 is 0 Å². The van der Waals surface area contributed by atoms with Crippen LogP contribution in [-0.4, -0.2) is 31.5 Å². The van der Waals surface area contributed by atoms with Crippen LogP contribution in [0.2, 0.25) is 0 Å². The van der Waals surface area contributed by atoms with Crippen LogP contribution in [0.5, 0.6) is 0 Å². The molecular formula is C14H22FNO2. The lowest BCUT2D eigenvalue weighted by Crippen LogP contribution is -2.26. The Labute approximate surface area is 108 Å². The van der Waals surface area contributed by atoms with Gasteiger partial charge in [-0.3, -0.25) is 0 Å². The highest BCUT2D eigenvalue weighted by Crippen LogP contribution is 2.16. The lowest BCUT2D eigenvalue weighted by molar-refractivity contribution is 0.0589. The highest BCUT2D eigenvalue weighted by atomic mass is 19.1. The summed E-state index contributed by atoms with van der Waals surface area (Å²) in [5, 5.41) is 12.9. The average Bonchev–Trinajstić information content (AvgIpc) is 2.36. The Hall–Kier alpha value is -0.970. The normalized spacial score (nSPS) is 14.4. The topological polar surface area (TPSA) is 41.5 Å². The quantitative estimate of drug-likeness (QED) is 0.748. The van der Waals surface area contributed by atoms with Crippen molar-refractivity contribution >= 4 is 0 Å². The highest BCUT2D eigenvalue weighted by molar-refractivity contribution is 5.19. The maximum absolute atomic E-state index is 12.8. The lowest BCUT2D eigenvalue weighted by Gasteiger charge is -2.18. The zero-order valence-corrected chi connectivity index (χ0v) is 11.0. The van der Waals surface area contributed by atoms with E-state index < -0.39 is 6.10 Å². The SMILES string of the molecule is CCC(NCCC(O)COC)c1ccc(F)cc1. The summed E-state index contributed by atoms with van der Waals surface area (Å²) in [4.78, 5) is 0. The molecule has 0 bridgehead atoms. The zero-order chi connectivity index (χ0) is 13.4. The molecule has 2 N–H and O–H groups in total. The van der Waals surface area contributed by atoms with E-state index in [1.54, 1.807) is 19.2 Å². The molecule has 0 aromatic heterocycles. The number of rotatable bonds is 8. The van der Waals surface area contributed by atoms with E-state index in [1.165, 1.54) is 12.1 Å². The van der Waals surface area contributed by atoms with E-state index in [9.17, 15) is 9.50 Å². The fourth-order valence-electron chi connectivity index (χ4n) is 1.89. The second-order valence-corrected chi connectivity index (χ2v) is 4.36. The smallest absolute Gasteiger partial charge is 0.123 e. The standard InChI is InChI=1S/C14H22FNO2/c1-3-14(11-4-6-12(15)7-5-11)16-9-8-13(17)10-18-2/h4-7,13-14,16-17H,3,8-10H2,1-2H3. The number of methoxy groups -OCH3 is 1. The lowest BCUT2D eigenvalue weighted by atomic mass is 10.0. The van der Waals surface area contributed by atoms with E-state index in [-0.39, 0.29) is 11.9 Å². The van der Waals surface area contributed by atoms with Crippen molar-refractivity contribution in [3.8, 4) is 0 Å². The third kappa shape index (κ3) is 5.12. The van der Waals surface area contributed by atoms with Crippen LogP contribution in [0, 0.1) is 5.82 Å². The minimum atomic E-state index is -0.437. The van der Waals surface area contributed by atoms with Gasteiger partial charge in [0.25, 0.3) is 0 Å². The Morgan fingerprint density at radius 1 is 1.33 bits per heavy atom. The summed E-state index contributed by atoms with van der Waals surface area (Å²) in [6, 6.07) is 6.73. The van der Waals surface area contributed by atoms with Gasteiger partial charge in [0.15, 0.2) is 0 Å². The van der Waals surface area contributed by atoms with Crippen LogP contribution in [0.15, 0.2) is 24.3 Å². The monoisotopic (exact) mass is 255 g/mol. The molecule has 2 unspecified atom stereocenters. The first-order chi connectivity index (χ1) is 8.67. The van der Waals surface area contributed by atoms with Crippen molar-refractivity contribution in [2.24, 2.45) is 0 Å². The minimum absolute atomic E-state index is 0.195. The van der Waals surface area contributed by atoms with Crippen LogP contribution in [0.1, 0.15) is 31.4 Å². The molecule has 0 aliphatic rings. The van der Waals surface area contributed by atoms with Gasteiger partial charge in [-0.15, -0.1) is 0 Å². The Kier molecular flexibility index (Phi) is 6.86. The first-order valence-electron chi connectivity index (χ1n) is 6.33. The zero-order valence-electron chi connectivity index (χ0n) is 11.0. The molecule has 1 rings (SSSR count). The number of hydrogen-bond donors (Lipinski definition) is 2.